The number of fused-ring (bicyclic) bond motifs is 1. The Morgan fingerprint density at radius 3 is 2.88 bits per heavy atom. The van der Waals surface area contributed by atoms with Gasteiger partial charge in [-0.25, -0.2) is 13.1 Å². The first-order valence-corrected chi connectivity index (χ1v) is 9.86. The van der Waals surface area contributed by atoms with Gasteiger partial charge in [-0.2, -0.15) is 0 Å². The maximum absolute atomic E-state index is 12.4. The first kappa shape index (κ1) is 17.4. The summed E-state index contributed by atoms with van der Waals surface area (Å²) in [6.45, 7) is 2.55. The summed E-state index contributed by atoms with van der Waals surface area (Å²) < 4.78 is 37.8. The number of rotatable bonds is 6. The molecule has 0 unspecified atom stereocenters. The third-order valence-corrected chi connectivity index (χ3v) is 5.89. The topological polar surface area (TPSA) is 81.7 Å². The van der Waals surface area contributed by atoms with Crippen LogP contribution >= 0.6 is 0 Å². The molecule has 1 N–H and O–H groups in total. The zero-order valence-electron chi connectivity index (χ0n) is 13.8. The van der Waals surface area contributed by atoms with Crippen molar-refractivity contribution in [3.63, 3.8) is 0 Å². The van der Waals surface area contributed by atoms with Crippen molar-refractivity contribution < 1.29 is 22.7 Å². The molecule has 1 heterocycles. The third kappa shape index (κ3) is 3.96. The lowest BCUT2D eigenvalue weighted by atomic mass is 10.1. The Bertz CT molecular complexity index is 710. The van der Waals surface area contributed by atoms with Crippen LogP contribution < -0.4 is 4.72 Å². The normalized spacial score (nSPS) is 21.5. The van der Waals surface area contributed by atoms with Gasteiger partial charge in [0.15, 0.2) is 0 Å². The van der Waals surface area contributed by atoms with Crippen LogP contribution in [-0.2, 0) is 37.1 Å². The van der Waals surface area contributed by atoms with E-state index in [1.54, 1.807) is 19.1 Å². The summed E-state index contributed by atoms with van der Waals surface area (Å²) in [6.07, 6.45) is 3.94. The van der Waals surface area contributed by atoms with E-state index in [9.17, 15) is 13.2 Å². The summed E-state index contributed by atoms with van der Waals surface area (Å²) in [5.74, 6) is -0.659. The van der Waals surface area contributed by atoms with E-state index in [0.29, 0.717) is 13.2 Å². The van der Waals surface area contributed by atoms with E-state index in [-0.39, 0.29) is 11.0 Å². The minimum absolute atomic E-state index is 0.00596. The van der Waals surface area contributed by atoms with Crippen molar-refractivity contribution >= 4 is 15.9 Å². The average Bonchev–Trinajstić information content (AvgIpc) is 3.22. The van der Waals surface area contributed by atoms with Gasteiger partial charge < -0.3 is 9.47 Å². The molecule has 24 heavy (non-hydrogen) atoms. The number of carbonyl (C=O) groups excluding carboxylic acids is 1. The molecule has 1 aromatic carbocycles. The fourth-order valence-corrected chi connectivity index (χ4v) is 4.19. The molecule has 2 aliphatic rings. The lowest BCUT2D eigenvalue weighted by Gasteiger charge is -2.16. The van der Waals surface area contributed by atoms with Crippen LogP contribution in [0.4, 0.5) is 0 Å². The molecule has 0 bridgehead atoms. The van der Waals surface area contributed by atoms with Crippen molar-refractivity contribution in [1.29, 1.82) is 0 Å². The summed E-state index contributed by atoms with van der Waals surface area (Å²) in [4.78, 5) is 12.2. The first-order valence-electron chi connectivity index (χ1n) is 8.37. The van der Waals surface area contributed by atoms with Crippen LogP contribution in [0.15, 0.2) is 23.1 Å². The highest BCUT2D eigenvalue weighted by Crippen LogP contribution is 2.24. The van der Waals surface area contributed by atoms with Crippen molar-refractivity contribution in [3.05, 3.63) is 29.3 Å². The average molecular weight is 353 g/mol. The molecule has 1 fully saturated rings. The molecule has 0 saturated carbocycles. The Labute approximate surface area is 142 Å². The highest BCUT2D eigenvalue weighted by atomic mass is 32.2. The van der Waals surface area contributed by atoms with Crippen LogP contribution in [0.3, 0.4) is 0 Å². The Hall–Kier alpha value is -1.44. The minimum atomic E-state index is -3.87. The highest BCUT2D eigenvalue weighted by molar-refractivity contribution is 7.90. The molecule has 132 valence electrons. The second kappa shape index (κ2) is 7.21. The van der Waals surface area contributed by atoms with Gasteiger partial charge in [-0.05, 0) is 62.3 Å². The van der Waals surface area contributed by atoms with Crippen molar-refractivity contribution in [2.45, 2.75) is 56.1 Å². The van der Waals surface area contributed by atoms with Crippen molar-refractivity contribution in [3.8, 4) is 0 Å². The molecule has 0 radical (unpaired) electrons. The lowest BCUT2D eigenvalue weighted by Crippen LogP contribution is -2.39. The molecule has 7 heteroatoms. The minimum Gasteiger partial charge on any atom is -0.376 e. The molecule has 1 aliphatic carbocycles. The van der Waals surface area contributed by atoms with Crippen molar-refractivity contribution in [2.75, 3.05) is 13.2 Å². The lowest BCUT2D eigenvalue weighted by molar-refractivity contribution is -0.131. The number of hydrogen-bond acceptors (Lipinski definition) is 5. The zero-order chi connectivity index (χ0) is 17.2. The Morgan fingerprint density at radius 1 is 1.33 bits per heavy atom. The maximum Gasteiger partial charge on any atom is 0.264 e. The van der Waals surface area contributed by atoms with E-state index >= 15 is 0 Å². The summed E-state index contributed by atoms with van der Waals surface area (Å²) >= 11 is 0. The number of sulfonamides is 1. The monoisotopic (exact) mass is 353 g/mol. The van der Waals surface area contributed by atoms with Crippen molar-refractivity contribution in [2.24, 2.45) is 0 Å². The van der Waals surface area contributed by atoms with Crippen molar-refractivity contribution in [1.82, 2.24) is 4.72 Å². The zero-order valence-corrected chi connectivity index (χ0v) is 14.6. The first-order chi connectivity index (χ1) is 11.5. The number of hydrogen-bond donors (Lipinski definition) is 1. The van der Waals surface area contributed by atoms with Crippen LogP contribution in [0.25, 0.3) is 0 Å². The predicted octanol–water partition coefficient (Wildman–Crippen LogP) is 1.56. The van der Waals surface area contributed by atoms with Gasteiger partial charge in [-0.3, -0.25) is 4.79 Å². The Morgan fingerprint density at radius 2 is 2.12 bits per heavy atom. The SMILES string of the molecule is C[C@@H](OC[C@H]1CCCO1)C(=O)NS(=O)(=O)c1ccc2c(c1)CCC2. The molecule has 1 aromatic rings. The summed E-state index contributed by atoms with van der Waals surface area (Å²) in [5.41, 5.74) is 2.24. The number of ether oxygens (including phenoxy) is 2. The van der Waals surface area contributed by atoms with E-state index in [1.807, 2.05) is 6.07 Å². The number of benzene rings is 1. The quantitative estimate of drug-likeness (QED) is 0.839. The van der Waals surface area contributed by atoms with Crippen LogP contribution in [0.2, 0.25) is 0 Å². The van der Waals surface area contributed by atoms with Gasteiger partial charge >= 0.3 is 0 Å². The van der Waals surface area contributed by atoms with E-state index in [2.05, 4.69) is 4.72 Å². The number of amides is 1. The Balaban J connectivity index is 1.59. The number of aryl methyl sites for hydroxylation is 2. The van der Waals surface area contributed by atoms with Crippen LogP contribution in [0.1, 0.15) is 37.3 Å². The van der Waals surface area contributed by atoms with Crippen LogP contribution in [0, 0.1) is 0 Å². The molecule has 2 atom stereocenters. The van der Waals surface area contributed by atoms with Crippen LogP contribution in [-0.4, -0.2) is 39.7 Å². The van der Waals surface area contributed by atoms with Crippen LogP contribution in [0.5, 0.6) is 0 Å². The van der Waals surface area contributed by atoms with Gasteiger partial charge in [0, 0.05) is 6.61 Å². The predicted molar refractivity (Wildman–Crippen MR) is 88.2 cm³/mol. The van der Waals surface area contributed by atoms with E-state index < -0.39 is 22.0 Å². The van der Waals surface area contributed by atoms with Gasteiger partial charge in [-0.1, -0.05) is 6.07 Å². The number of nitrogens with one attached hydrogen (secondary N) is 1. The molecule has 1 saturated heterocycles. The Kier molecular flexibility index (Phi) is 5.22. The fraction of sp³-hybridized carbons (Fsp3) is 0.588. The van der Waals surface area contributed by atoms with Gasteiger partial charge in [0.1, 0.15) is 6.10 Å². The smallest absolute Gasteiger partial charge is 0.264 e. The molecular weight excluding hydrogens is 330 g/mol. The van der Waals surface area contributed by atoms with E-state index in [4.69, 9.17) is 9.47 Å². The molecule has 6 nitrogen and oxygen atoms in total. The summed E-state index contributed by atoms with van der Waals surface area (Å²) in [6, 6.07) is 5.05. The van der Waals surface area contributed by atoms with Gasteiger partial charge in [-0.15, -0.1) is 0 Å². The van der Waals surface area contributed by atoms with Gasteiger partial charge in [0.2, 0.25) is 0 Å². The fourth-order valence-electron chi connectivity index (χ4n) is 3.09. The van der Waals surface area contributed by atoms with E-state index in [1.165, 1.54) is 5.56 Å². The highest BCUT2D eigenvalue weighted by Gasteiger charge is 2.25. The second-order valence-corrected chi connectivity index (χ2v) is 8.05. The molecule has 0 spiro atoms. The molecule has 3 rings (SSSR count). The summed E-state index contributed by atoms with van der Waals surface area (Å²) in [5, 5.41) is 0. The molecule has 1 amide bonds. The third-order valence-electron chi connectivity index (χ3n) is 4.54. The number of carbonyl (C=O) groups is 1. The maximum atomic E-state index is 12.4. The standard InChI is InChI=1S/C17H23NO5S/c1-12(23-11-15-6-3-9-22-15)17(19)18-24(20,21)16-8-7-13-4-2-5-14(13)10-16/h7-8,10,12,15H,2-6,9,11H2,1H3,(H,18,19)/t12-,15-/m1/s1. The van der Waals surface area contributed by atoms with Gasteiger partial charge in [0.05, 0.1) is 17.6 Å². The largest absolute Gasteiger partial charge is 0.376 e. The molecule has 0 aromatic heterocycles. The molecular formula is C17H23NO5S. The van der Waals surface area contributed by atoms with E-state index in [0.717, 1.165) is 37.7 Å². The molecule has 1 aliphatic heterocycles. The second-order valence-electron chi connectivity index (χ2n) is 6.36. The van der Waals surface area contributed by atoms with Gasteiger partial charge in [0.25, 0.3) is 15.9 Å². The summed E-state index contributed by atoms with van der Waals surface area (Å²) in [7, 11) is -3.87.